The fourth-order valence-electron chi connectivity index (χ4n) is 1.11. The molecule has 2 heterocycles. The first-order valence-corrected chi connectivity index (χ1v) is 4.61. The van der Waals surface area contributed by atoms with Crippen LogP contribution in [0, 0.1) is 0 Å². The van der Waals surface area contributed by atoms with Crippen molar-refractivity contribution < 1.29 is 0 Å². The van der Waals surface area contributed by atoms with Crippen molar-refractivity contribution in [2.75, 3.05) is 10.9 Å². The molecule has 8 nitrogen and oxygen atoms in total. The molecular weight excluding hydrogens is 196 g/mol. The summed E-state index contributed by atoms with van der Waals surface area (Å²) >= 11 is 0. The lowest BCUT2D eigenvalue weighted by Crippen LogP contribution is -2.37. The Hall–Kier alpha value is -2.12. The van der Waals surface area contributed by atoms with Crippen LogP contribution in [0.2, 0.25) is 0 Å². The van der Waals surface area contributed by atoms with Gasteiger partial charge in [0, 0.05) is 0 Å². The van der Waals surface area contributed by atoms with Gasteiger partial charge in [-0.3, -0.25) is 0 Å². The van der Waals surface area contributed by atoms with Crippen LogP contribution in [-0.4, -0.2) is 35.9 Å². The molecule has 0 aliphatic carbocycles. The zero-order valence-electron chi connectivity index (χ0n) is 8.28. The van der Waals surface area contributed by atoms with Gasteiger partial charge in [-0.05, 0) is 6.42 Å². The summed E-state index contributed by atoms with van der Waals surface area (Å²) in [4.78, 5) is 0. The number of nitrogens with zero attached hydrogens (tertiary/aromatic N) is 6. The first-order valence-electron chi connectivity index (χ1n) is 4.61. The van der Waals surface area contributed by atoms with Crippen molar-refractivity contribution >= 4 is 0 Å². The minimum atomic E-state index is 0.0528. The first kappa shape index (κ1) is 9.44. The van der Waals surface area contributed by atoms with Crippen LogP contribution in [-0.2, 0) is 0 Å². The van der Waals surface area contributed by atoms with E-state index in [1.54, 1.807) is 34.7 Å². The van der Waals surface area contributed by atoms with Crippen molar-refractivity contribution in [1.82, 2.24) is 29.7 Å². The predicted molar refractivity (Wildman–Crippen MR) is 52.8 cm³/mol. The van der Waals surface area contributed by atoms with E-state index in [1.807, 2.05) is 0 Å². The molecule has 0 aliphatic rings. The Bertz CT molecular complexity index is 329. The molecule has 0 saturated heterocycles. The van der Waals surface area contributed by atoms with Gasteiger partial charge in [0.25, 0.3) is 0 Å². The van der Waals surface area contributed by atoms with E-state index >= 15 is 0 Å². The highest BCUT2D eigenvalue weighted by Crippen LogP contribution is 1.91. The molecule has 15 heavy (non-hydrogen) atoms. The summed E-state index contributed by atoms with van der Waals surface area (Å²) in [5.41, 5.74) is 6.30. The fraction of sp³-hybridized carbons (Fsp3) is 0.429. The maximum Gasteiger partial charge on any atom is 0.138 e. The number of aromatic nitrogens is 6. The zero-order chi connectivity index (χ0) is 10.5. The molecule has 0 saturated carbocycles. The molecule has 0 radical (unpaired) electrons. The molecule has 0 amide bonds. The van der Waals surface area contributed by atoms with Crippen molar-refractivity contribution in [1.29, 1.82) is 0 Å². The van der Waals surface area contributed by atoms with Gasteiger partial charge in [-0.25, -0.2) is 9.35 Å². The van der Waals surface area contributed by atoms with Crippen LogP contribution < -0.4 is 10.9 Å². The Balaban J connectivity index is 1.93. The maximum atomic E-state index is 3.70. The van der Waals surface area contributed by atoms with E-state index in [0.29, 0.717) is 0 Å². The van der Waals surface area contributed by atoms with Gasteiger partial charge in [0.1, 0.15) is 31.5 Å². The summed E-state index contributed by atoms with van der Waals surface area (Å²) in [6.07, 6.45) is 7.31. The number of hydrogen-bond donors (Lipinski definition) is 2. The first-order chi connectivity index (χ1) is 7.38. The largest absolute Gasteiger partial charge is 0.300 e. The van der Waals surface area contributed by atoms with Gasteiger partial charge < -0.3 is 10.9 Å². The van der Waals surface area contributed by atoms with E-state index in [1.165, 1.54) is 0 Å². The Morgan fingerprint density at radius 1 is 0.933 bits per heavy atom. The Morgan fingerprint density at radius 2 is 1.33 bits per heavy atom. The second kappa shape index (κ2) is 4.40. The molecule has 2 N–H and O–H groups in total. The SMILES string of the molecule is CCC(Nn1cnnc1)Nn1cnnc1. The van der Waals surface area contributed by atoms with Gasteiger partial charge in [0.15, 0.2) is 0 Å². The van der Waals surface area contributed by atoms with Crippen molar-refractivity contribution in [3.8, 4) is 0 Å². The molecule has 0 atom stereocenters. The Kier molecular flexibility index (Phi) is 2.77. The molecule has 2 aromatic rings. The second-order valence-electron chi connectivity index (χ2n) is 2.96. The summed E-state index contributed by atoms with van der Waals surface area (Å²) < 4.78 is 3.37. The molecule has 0 unspecified atom stereocenters. The van der Waals surface area contributed by atoms with Crippen LogP contribution in [0.15, 0.2) is 25.3 Å². The second-order valence-corrected chi connectivity index (χ2v) is 2.96. The van der Waals surface area contributed by atoms with Crippen LogP contribution in [0.1, 0.15) is 13.3 Å². The average molecular weight is 208 g/mol. The summed E-state index contributed by atoms with van der Waals surface area (Å²) in [6, 6.07) is 0. The summed E-state index contributed by atoms with van der Waals surface area (Å²) in [6.45, 7) is 2.05. The third-order valence-electron chi connectivity index (χ3n) is 1.86. The van der Waals surface area contributed by atoms with E-state index in [9.17, 15) is 0 Å². The van der Waals surface area contributed by atoms with Crippen molar-refractivity contribution in [2.45, 2.75) is 19.5 Å². The third kappa shape index (κ3) is 2.42. The molecule has 0 aromatic carbocycles. The topological polar surface area (TPSA) is 85.5 Å². The molecule has 0 spiro atoms. The molecule has 2 aromatic heterocycles. The maximum absolute atomic E-state index is 3.70. The summed E-state index contributed by atoms with van der Waals surface area (Å²) in [7, 11) is 0. The molecule has 0 bridgehead atoms. The lowest BCUT2D eigenvalue weighted by molar-refractivity contribution is 0.610. The summed E-state index contributed by atoms with van der Waals surface area (Å²) in [5.74, 6) is 0. The molecule has 8 heteroatoms. The van der Waals surface area contributed by atoms with Gasteiger partial charge in [0.2, 0.25) is 0 Å². The normalized spacial score (nSPS) is 10.5. The van der Waals surface area contributed by atoms with Crippen LogP contribution in [0.4, 0.5) is 0 Å². The number of rotatable bonds is 5. The van der Waals surface area contributed by atoms with E-state index in [-0.39, 0.29) is 6.17 Å². The van der Waals surface area contributed by atoms with Gasteiger partial charge in [-0.1, -0.05) is 6.92 Å². The zero-order valence-corrected chi connectivity index (χ0v) is 8.28. The third-order valence-corrected chi connectivity index (χ3v) is 1.86. The highest BCUT2D eigenvalue weighted by molar-refractivity contribution is 4.88. The van der Waals surface area contributed by atoms with E-state index in [4.69, 9.17) is 0 Å². The quantitative estimate of drug-likeness (QED) is 0.638. The van der Waals surface area contributed by atoms with Crippen molar-refractivity contribution in [2.24, 2.45) is 0 Å². The minimum absolute atomic E-state index is 0.0528. The molecular formula is C7H12N8. The lowest BCUT2D eigenvalue weighted by atomic mass is 10.4. The highest BCUT2D eigenvalue weighted by Gasteiger charge is 2.04. The van der Waals surface area contributed by atoms with Gasteiger partial charge in [-0.2, -0.15) is 0 Å². The molecule has 2 rings (SSSR count). The van der Waals surface area contributed by atoms with Crippen LogP contribution in [0.5, 0.6) is 0 Å². The lowest BCUT2D eigenvalue weighted by Gasteiger charge is -2.20. The fourth-order valence-corrected chi connectivity index (χ4v) is 1.11. The molecule has 80 valence electrons. The Morgan fingerprint density at radius 3 is 1.67 bits per heavy atom. The van der Waals surface area contributed by atoms with E-state index in [0.717, 1.165) is 6.42 Å². The predicted octanol–water partition coefficient (Wildman–Crippen LogP) is -0.607. The van der Waals surface area contributed by atoms with Crippen LogP contribution >= 0.6 is 0 Å². The number of nitrogens with one attached hydrogen (secondary N) is 2. The highest BCUT2D eigenvalue weighted by atomic mass is 15.6. The van der Waals surface area contributed by atoms with E-state index < -0.39 is 0 Å². The van der Waals surface area contributed by atoms with Crippen molar-refractivity contribution in [3.63, 3.8) is 0 Å². The minimum Gasteiger partial charge on any atom is -0.300 e. The van der Waals surface area contributed by atoms with Crippen molar-refractivity contribution in [3.05, 3.63) is 25.3 Å². The van der Waals surface area contributed by atoms with Crippen LogP contribution in [0.25, 0.3) is 0 Å². The van der Waals surface area contributed by atoms with Gasteiger partial charge in [-0.15, -0.1) is 20.4 Å². The standard InChI is InChI=1S/C7H12N8/c1-2-7(12-14-3-8-9-4-14)13-15-5-10-11-6-15/h3-7,12-13H,2H2,1H3. The van der Waals surface area contributed by atoms with Gasteiger partial charge in [0.05, 0.1) is 0 Å². The average Bonchev–Trinajstić information content (AvgIpc) is 2.89. The molecule has 0 fully saturated rings. The monoisotopic (exact) mass is 208 g/mol. The van der Waals surface area contributed by atoms with Crippen LogP contribution in [0.3, 0.4) is 0 Å². The smallest absolute Gasteiger partial charge is 0.138 e. The summed E-state index contributed by atoms with van der Waals surface area (Å²) in [5, 5.41) is 14.8. The Labute approximate surface area is 86.3 Å². The molecule has 0 aliphatic heterocycles. The van der Waals surface area contributed by atoms with Gasteiger partial charge >= 0.3 is 0 Å². The number of hydrogen-bond acceptors (Lipinski definition) is 6. The van der Waals surface area contributed by atoms with E-state index in [2.05, 4.69) is 38.2 Å².